The van der Waals surface area contributed by atoms with E-state index in [-0.39, 0.29) is 0 Å². The zero-order valence-electron chi connectivity index (χ0n) is 18.9. The van der Waals surface area contributed by atoms with E-state index in [1.54, 1.807) is 20.0 Å². The van der Waals surface area contributed by atoms with Gasteiger partial charge in [0.15, 0.2) is 0 Å². The summed E-state index contributed by atoms with van der Waals surface area (Å²) in [6.45, 7) is 7.08. The fourth-order valence-electron chi connectivity index (χ4n) is 3.75. The molecule has 0 saturated carbocycles. The normalized spacial score (nSPS) is 26.7. The summed E-state index contributed by atoms with van der Waals surface area (Å²) < 4.78 is 18.9. The van der Waals surface area contributed by atoms with E-state index in [0.29, 0.717) is 28.6 Å². The van der Waals surface area contributed by atoms with Crippen LogP contribution in [0, 0.1) is 0 Å². The number of rotatable bonds is 8. The third kappa shape index (κ3) is 5.74. The maximum Gasteiger partial charge on any atom is 0.229 e. The lowest BCUT2D eigenvalue weighted by Crippen LogP contribution is -2.60. The highest BCUT2D eigenvalue weighted by molar-refractivity contribution is 9.11. The van der Waals surface area contributed by atoms with E-state index in [4.69, 9.17) is 14.2 Å². The van der Waals surface area contributed by atoms with Crippen LogP contribution in [0.2, 0.25) is 0 Å². The van der Waals surface area contributed by atoms with Gasteiger partial charge >= 0.3 is 0 Å². The molecule has 0 bridgehead atoms. The Morgan fingerprint density at radius 3 is 2.36 bits per heavy atom. The van der Waals surface area contributed by atoms with Crippen molar-refractivity contribution < 1.29 is 39.7 Å². The van der Waals surface area contributed by atoms with Crippen LogP contribution in [0.4, 0.5) is 0 Å². The number of aliphatic hydroxyl groups excluding tert-OH is 4. The summed E-state index contributed by atoms with van der Waals surface area (Å²) in [7, 11) is 0. The van der Waals surface area contributed by atoms with Gasteiger partial charge in [-0.1, -0.05) is 15.9 Å². The molecule has 0 aliphatic carbocycles. The van der Waals surface area contributed by atoms with Crippen LogP contribution >= 0.6 is 31.9 Å². The summed E-state index contributed by atoms with van der Waals surface area (Å²) in [5.41, 5.74) is -0.0514. The van der Waals surface area contributed by atoms with Crippen LogP contribution in [0.15, 0.2) is 21.2 Å². The zero-order valence-corrected chi connectivity index (χ0v) is 22.1. The fraction of sp³-hybridized carbons (Fsp3) is 0.636. The van der Waals surface area contributed by atoms with Crippen molar-refractivity contribution in [2.45, 2.75) is 76.0 Å². The molecule has 0 spiro atoms. The molecule has 0 radical (unpaired) electrons. The summed E-state index contributed by atoms with van der Waals surface area (Å²) in [6.07, 6.45) is -4.86. The molecule has 1 aliphatic heterocycles. The van der Waals surface area contributed by atoms with Gasteiger partial charge in [-0.05, 0) is 56.1 Å². The highest BCUT2D eigenvalue weighted by atomic mass is 79.9. The smallest absolute Gasteiger partial charge is 0.229 e. The third-order valence-electron chi connectivity index (χ3n) is 5.69. The topological polar surface area (TPSA) is 145 Å². The Morgan fingerprint density at radius 1 is 1.09 bits per heavy atom. The molecule has 33 heavy (non-hydrogen) atoms. The second-order valence-corrected chi connectivity index (χ2v) is 11.0. The van der Waals surface area contributed by atoms with Crippen LogP contribution < -0.4 is 4.74 Å². The number of fused-ring (bicyclic) bond motifs is 1. The number of aromatic amines is 1. The molecule has 1 aliphatic rings. The highest BCUT2D eigenvalue weighted by Gasteiger charge is 2.45. The van der Waals surface area contributed by atoms with Gasteiger partial charge in [0.25, 0.3) is 0 Å². The SMILES string of the molecule is CC(C)(O)CCOC(C)(C)c1c(Br)cc2[nH]cc(O[C@@H]3O[C@H](CO)[C@@H](O)[C@H](O)[C@H]3O)c2c1Br. The molecule has 0 amide bonds. The number of benzene rings is 1. The average molecular weight is 597 g/mol. The minimum Gasteiger partial charge on any atom is -0.460 e. The molecule has 1 fully saturated rings. The van der Waals surface area contributed by atoms with E-state index in [1.165, 1.54) is 0 Å². The van der Waals surface area contributed by atoms with Gasteiger partial charge in [0.1, 0.15) is 30.2 Å². The summed E-state index contributed by atoms with van der Waals surface area (Å²) in [5, 5.41) is 50.5. The number of aromatic nitrogens is 1. The number of hydrogen-bond acceptors (Lipinski definition) is 8. The molecule has 2 heterocycles. The molecule has 5 atom stereocenters. The van der Waals surface area contributed by atoms with Crippen molar-refractivity contribution in [2.24, 2.45) is 0 Å². The van der Waals surface area contributed by atoms with Gasteiger partial charge in [-0.25, -0.2) is 0 Å². The Kier molecular flexibility index (Phi) is 8.20. The van der Waals surface area contributed by atoms with Crippen molar-refractivity contribution in [3.63, 3.8) is 0 Å². The first kappa shape index (κ1) is 26.8. The summed E-state index contributed by atoms with van der Waals surface area (Å²) in [4.78, 5) is 3.10. The van der Waals surface area contributed by atoms with E-state index < -0.39 is 48.5 Å². The van der Waals surface area contributed by atoms with Crippen molar-refractivity contribution in [3.05, 3.63) is 26.8 Å². The standard InChI is InChI=1S/C22H31Br2NO8/c1-21(2,30)5-6-31-22(3,4)15-10(23)7-11-14(16(15)24)12(8-25-11)32-20-19(29)18(28)17(27)13(9-26)33-20/h7-8,13,17-20,25-30H,5-6,9H2,1-4H3/t13-,17-,18+,19-,20-/m1/s1. The van der Waals surface area contributed by atoms with Crippen LogP contribution in [-0.2, 0) is 15.1 Å². The van der Waals surface area contributed by atoms with Crippen molar-refractivity contribution in [2.75, 3.05) is 13.2 Å². The van der Waals surface area contributed by atoms with Gasteiger partial charge < -0.3 is 44.7 Å². The summed E-state index contributed by atoms with van der Waals surface area (Å²) >= 11 is 7.28. The minimum absolute atomic E-state index is 0.335. The molecular formula is C22H31Br2NO8. The maximum atomic E-state index is 10.3. The van der Waals surface area contributed by atoms with Gasteiger partial charge in [-0.2, -0.15) is 0 Å². The first-order valence-corrected chi connectivity index (χ1v) is 12.2. The van der Waals surface area contributed by atoms with Crippen LogP contribution in [0.3, 0.4) is 0 Å². The molecule has 186 valence electrons. The predicted octanol–water partition coefficient (Wildman–Crippen LogP) is 2.28. The molecular weight excluding hydrogens is 566 g/mol. The van der Waals surface area contributed by atoms with E-state index in [1.807, 2.05) is 19.9 Å². The molecule has 1 aromatic heterocycles. The summed E-state index contributed by atoms with van der Waals surface area (Å²) in [6, 6.07) is 1.87. The van der Waals surface area contributed by atoms with Crippen molar-refractivity contribution in [1.29, 1.82) is 0 Å². The van der Waals surface area contributed by atoms with Gasteiger partial charge in [-0.15, -0.1) is 0 Å². The van der Waals surface area contributed by atoms with Crippen molar-refractivity contribution in [1.82, 2.24) is 4.98 Å². The molecule has 1 aromatic carbocycles. The second kappa shape index (κ2) is 10.1. The first-order chi connectivity index (χ1) is 15.3. The van der Waals surface area contributed by atoms with Crippen LogP contribution in [0.25, 0.3) is 10.9 Å². The lowest BCUT2D eigenvalue weighted by Gasteiger charge is -2.39. The monoisotopic (exact) mass is 595 g/mol. The molecule has 3 rings (SSSR count). The van der Waals surface area contributed by atoms with Crippen LogP contribution in [0.1, 0.15) is 39.7 Å². The molecule has 9 nitrogen and oxygen atoms in total. The Labute approximate surface area is 208 Å². The fourth-order valence-corrected chi connectivity index (χ4v) is 6.02. The minimum atomic E-state index is -1.54. The van der Waals surface area contributed by atoms with Crippen molar-refractivity contribution >= 4 is 42.8 Å². The number of nitrogens with one attached hydrogen (secondary N) is 1. The summed E-state index contributed by atoms with van der Waals surface area (Å²) in [5.74, 6) is 0.335. The van der Waals surface area contributed by atoms with Gasteiger partial charge in [0.05, 0.1) is 35.3 Å². The Balaban J connectivity index is 1.93. The van der Waals surface area contributed by atoms with E-state index in [0.717, 1.165) is 15.6 Å². The van der Waals surface area contributed by atoms with Crippen molar-refractivity contribution in [3.8, 4) is 5.75 Å². The quantitative estimate of drug-likeness (QED) is 0.272. The molecule has 2 aromatic rings. The Hall–Kier alpha value is -0.760. The second-order valence-electron chi connectivity index (χ2n) is 9.36. The van der Waals surface area contributed by atoms with Gasteiger partial charge in [0, 0.05) is 20.7 Å². The number of ether oxygens (including phenoxy) is 3. The zero-order chi connectivity index (χ0) is 24.7. The highest BCUT2D eigenvalue weighted by Crippen LogP contribution is 2.45. The largest absolute Gasteiger partial charge is 0.460 e. The molecule has 1 saturated heterocycles. The molecule has 0 unspecified atom stereocenters. The molecule has 11 heteroatoms. The van der Waals surface area contributed by atoms with E-state index in [2.05, 4.69) is 36.8 Å². The number of aliphatic hydroxyl groups is 5. The first-order valence-electron chi connectivity index (χ1n) is 10.6. The molecule has 6 N–H and O–H groups in total. The number of hydrogen-bond donors (Lipinski definition) is 6. The van der Waals surface area contributed by atoms with Gasteiger partial charge in [-0.3, -0.25) is 0 Å². The maximum absolute atomic E-state index is 10.3. The van der Waals surface area contributed by atoms with Crippen LogP contribution in [-0.4, -0.2) is 80.0 Å². The number of H-pyrrole nitrogens is 1. The lowest BCUT2D eigenvalue weighted by molar-refractivity contribution is -0.277. The predicted molar refractivity (Wildman–Crippen MR) is 128 cm³/mol. The van der Waals surface area contributed by atoms with Crippen LogP contribution in [0.5, 0.6) is 5.75 Å². The average Bonchev–Trinajstić information content (AvgIpc) is 3.09. The third-order valence-corrected chi connectivity index (χ3v) is 7.11. The lowest BCUT2D eigenvalue weighted by atomic mass is 9.96. The van der Waals surface area contributed by atoms with Gasteiger partial charge in [0.2, 0.25) is 6.29 Å². The Bertz CT molecular complexity index is 971. The van der Waals surface area contributed by atoms with E-state index in [9.17, 15) is 25.5 Å². The number of halogens is 2. The van der Waals surface area contributed by atoms with E-state index >= 15 is 0 Å². The Morgan fingerprint density at radius 2 is 1.76 bits per heavy atom.